The van der Waals surface area contributed by atoms with Gasteiger partial charge in [0.1, 0.15) is 23.0 Å². The lowest BCUT2D eigenvalue weighted by molar-refractivity contribution is 0.0697. The zero-order chi connectivity index (χ0) is 14.9. The van der Waals surface area contributed by atoms with Crippen molar-refractivity contribution in [3.8, 4) is 0 Å². The summed E-state index contributed by atoms with van der Waals surface area (Å²) in [7, 11) is 0. The Labute approximate surface area is 129 Å². The number of aromatic nitrogens is 1. The molecule has 0 aliphatic heterocycles. The van der Waals surface area contributed by atoms with Crippen LogP contribution in [0.25, 0.3) is 0 Å². The highest BCUT2D eigenvalue weighted by molar-refractivity contribution is 9.10. The molecule has 2 rings (SSSR count). The minimum atomic E-state index is -1.22. The molecular weight excluding hydrogens is 402 g/mol. The maximum Gasteiger partial charge on any atom is 0.339 e. The van der Waals surface area contributed by atoms with Crippen LogP contribution in [0.3, 0.4) is 0 Å². The second-order valence-corrected chi connectivity index (χ2v) is 5.50. The third-order valence-electron chi connectivity index (χ3n) is 2.35. The zero-order valence-corrected chi connectivity index (χ0v) is 12.8. The molecule has 0 aliphatic carbocycles. The molecule has 1 aromatic carbocycles. The molecule has 0 radical (unpaired) electrons. The lowest BCUT2D eigenvalue weighted by Crippen LogP contribution is -2.06. The van der Waals surface area contributed by atoms with E-state index in [1.807, 2.05) is 0 Å². The summed E-state index contributed by atoms with van der Waals surface area (Å²) in [6, 6.07) is 3.18. The van der Waals surface area contributed by atoms with Crippen LogP contribution >= 0.6 is 31.9 Å². The normalized spacial score (nSPS) is 10.4. The SMILES string of the molecule is O=C(O)c1cc(Br)cnc1Nc1cc(Br)c(F)cc1F. The van der Waals surface area contributed by atoms with E-state index in [1.165, 1.54) is 18.3 Å². The largest absolute Gasteiger partial charge is 0.478 e. The molecule has 0 fully saturated rings. The fourth-order valence-corrected chi connectivity index (χ4v) is 2.12. The molecule has 0 atom stereocenters. The van der Waals surface area contributed by atoms with Crippen LogP contribution in [0, 0.1) is 11.6 Å². The van der Waals surface area contributed by atoms with E-state index in [0.717, 1.165) is 0 Å². The summed E-state index contributed by atoms with van der Waals surface area (Å²) >= 11 is 6.03. The molecule has 1 heterocycles. The number of benzene rings is 1. The molecule has 0 amide bonds. The predicted molar refractivity (Wildman–Crippen MR) is 76.2 cm³/mol. The van der Waals surface area contributed by atoms with E-state index in [-0.39, 0.29) is 21.5 Å². The minimum absolute atomic E-state index is 0.0434. The molecule has 0 aliphatic rings. The van der Waals surface area contributed by atoms with E-state index in [1.54, 1.807) is 0 Å². The molecule has 0 spiro atoms. The van der Waals surface area contributed by atoms with Crippen molar-refractivity contribution in [3.05, 3.63) is 50.5 Å². The number of rotatable bonds is 3. The van der Waals surface area contributed by atoms with E-state index < -0.39 is 17.6 Å². The number of hydrogen-bond acceptors (Lipinski definition) is 3. The first kappa shape index (κ1) is 14.9. The number of pyridine rings is 1. The van der Waals surface area contributed by atoms with Gasteiger partial charge in [-0.2, -0.15) is 0 Å². The van der Waals surface area contributed by atoms with Crippen LogP contribution in [-0.4, -0.2) is 16.1 Å². The van der Waals surface area contributed by atoms with Crippen LogP contribution in [0.4, 0.5) is 20.3 Å². The maximum atomic E-state index is 13.6. The molecule has 0 unspecified atom stereocenters. The number of halogens is 4. The molecule has 0 bridgehead atoms. The highest BCUT2D eigenvalue weighted by Gasteiger charge is 2.15. The third-order valence-corrected chi connectivity index (χ3v) is 3.39. The van der Waals surface area contributed by atoms with Gasteiger partial charge in [0.25, 0.3) is 0 Å². The summed E-state index contributed by atoms with van der Waals surface area (Å²) in [6.45, 7) is 0. The second kappa shape index (κ2) is 5.84. The highest BCUT2D eigenvalue weighted by atomic mass is 79.9. The van der Waals surface area contributed by atoms with Gasteiger partial charge in [-0.05, 0) is 44.0 Å². The van der Waals surface area contributed by atoms with Crippen molar-refractivity contribution in [1.82, 2.24) is 4.98 Å². The number of nitrogens with one attached hydrogen (secondary N) is 1. The Morgan fingerprint density at radius 1 is 1.20 bits per heavy atom. The molecule has 4 nitrogen and oxygen atoms in total. The number of carboxylic acids is 1. The summed E-state index contributed by atoms with van der Waals surface area (Å²) in [5.41, 5.74) is -0.227. The fraction of sp³-hybridized carbons (Fsp3) is 0. The summed E-state index contributed by atoms with van der Waals surface area (Å²) in [6.07, 6.45) is 1.37. The van der Waals surface area contributed by atoms with Crippen LogP contribution in [0.1, 0.15) is 10.4 Å². The van der Waals surface area contributed by atoms with Crippen molar-refractivity contribution >= 4 is 49.3 Å². The van der Waals surface area contributed by atoms with Gasteiger partial charge in [-0.25, -0.2) is 18.6 Å². The van der Waals surface area contributed by atoms with E-state index in [2.05, 4.69) is 42.2 Å². The Balaban J connectivity index is 2.45. The van der Waals surface area contributed by atoms with Crippen molar-refractivity contribution in [2.24, 2.45) is 0 Å². The van der Waals surface area contributed by atoms with Crippen molar-refractivity contribution in [2.75, 3.05) is 5.32 Å². The molecule has 2 aromatic rings. The Morgan fingerprint density at radius 2 is 1.90 bits per heavy atom. The van der Waals surface area contributed by atoms with Crippen molar-refractivity contribution in [3.63, 3.8) is 0 Å². The number of anilines is 2. The average Bonchev–Trinajstić information content (AvgIpc) is 2.37. The number of hydrogen-bond donors (Lipinski definition) is 2. The first-order valence-electron chi connectivity index (χ1n) is 5.19. The van der Waals surface area contributed by atoms with Crippen LogP contribution < -0.4 is 5.32 Å². The summed E-state index contributed by atoms with van der Waals surface area (Å²) in [5, 5.41) is 11.6. The Bertz CT molecular complexity index is 695. The second-order valence-electron chi connectivity index (χ2n) is 3.73. The first-order chi connectivity index (χ1) is 9.38. The predicted octanol–water partition coefficient (Wildman–Crippen LogP) is 4.33. The third kappa shape index (κ3) is 3.13. The number of carbonyl (C=O) groups is 1. The fourth-order valence-electron chi connectivity index (χ4n) is 1.45. The lowest BCUT2D eigenvalue weighted by atomic mass is 10.2. The smallest absolute Gasteiger partial charge is 0.339 e. The first-order valence-corrected chi connectivity index (χ1v) is 6.77. The minimum Gasteiger partial charge on any atom is -0.478 e. The quantitative estimate of drug-likeness (QED) is 0.743. The van der Waals surface area contributed by atoms with E-state index in [0.29, 0.717) is 10.5 Å². The van der Waals surface area contributed by atoms with E-state index in [9.17, 15) is 13.6 Å². The molecule has 1 aromatic heterocycles. The van der Waals surface area contributed by atoms with Crippen molar-refractivity contribution in [1.29, 1.82) is 0 Å². The molecule has 2 N–H and O–H groups in total. The topological polar surface area (TPSA) is 62.2 Å². The Morgan fingerprint density at radius 3 is 2.55 bits per heavy atom. The maximum absolute atomic E-state index is 13.6. The van der Waals surface area contributed by atoms with Gasteiger partial charge < -0.3 is 10.4 Å². The average molecular weight is 408 g/mol. The van der Waals surface area contributed by atoms with Gasteiger partial charge in [0, 0.05) is 16.7 Å². The number of aromatic carboxylic acids is 1. The van der Waals surface area contributed by atoms with Crippen LogP contribution in [0.2, 0.25) is 0 Å². The summed E-state index contributed by atoms with van der Waals surface area (Å²) in [5.74, 6) is -2.87. The number of carboxylic acid groups (broad SMARTS) is 1. The standard InChI is InChI=1S/C12H6Br2F2N2O2/c13-5-1-6(12(19)20)11(17-4-5)18-10-2-7(14)8(15)3-9(10)16/h1-4H,(H,17,18)(H,19,20). The van der Waals surface area contributed by atoms with Crippen LogP contribution in [0.15, 0.2) is 33.3 Å². The molecule has 104 valence electrons. The molecule has 0 saturated carbocycles. The highest BCUT2D eigenvalue weighted by Crippen LogP contribution is 2.28. The van der Waals surface area contributed by atoms with Gasteiger partial charge >= 0.3 is 5.97 Å². The molecule has 20 heavy (non-hydrogen) atoms. The van der Waals surface area contributed by atoms with Crippen molar-refractivity contribution < 1.29 is 18.7 Å². The van der Waals surface area contributed by atoms with Gasteiger partial charge in [0.05, 0.1) is 10.2 Å². The van der Waals surface area contributed by atoms with E-state index >= 15 is 0 Å². The van der Waals surface area contributed by atoms with Crippen LogP contribution in [-0.2, 0) is 0 Å². The summed E-state index contributed by atoms with van der Waals surface area (Å²) < 4.78 is 27.3. The molecule has 0 saturated heterocycles. The zero-order valence-electron chi connectivity index (χ0n) is 9.62. The van der Waals surface area contributed by atoms with E-state index in [4.69, 9.17) is 5.11 Å². The lowest BCUT2D eigenvalue weighted by Gasteiger charge is -2.10. The van der Waals surface area contributed by atoms with Crippen LogP contribution in [0.5, 0.6) is 0 Å². The van der Waals surface area contributed by atoms with Gasteiger partial charge in [-0.15, -0.1) is 0 Å². The Kier molecular flexibility index (Phi) is 4.34. The summed E-state index contributed by atoms with van der Waals surface area (Å²) in [4.78, 5) is 15.0. The molecular formula is C12H6Br2F2N2O2. The number of nitrogens with zero attached hydrogens (tertiary/aromatic N) is 1. The molecule has 8 heteroatoms. The van der Waals surface area contributed by atoms with Gasteiger partial charge in [0.15, 0.2) is 0 Å². The van der Waals surface area contributed by atoms with Gasteiger partial charge in [0.2, 0.25) is 0 Å². The van der Waals surface area contributed by atoms with Gasteiger partial charge in [-0.3, -0.25) is 0 Å². The van der Waals surface area contributed by atoms with Gasteiger partial charge in [-0.1, -0.05) is 0 Å². The Hall–Kier alpha value is -1.54. The van der Waals surface area contributed by atoms with Crippen molar-refractivity contribution in [2.45, 2.75) is 0 Å². The monoisotopic (exact) mass is 406 g/mol.